The van der Waals surface area contributed by atoms with Gasteiger partial charge in [-0.15, -0.1) is 0 Å². The average Bonchev–Trinajstić information content (AvgIpc) is 2.31. The van der Waals surface area contributed by atoms with E-state index in [4.69, 9.17) is 4.74 Å². The molecule has 0 saturated heterocycles. The van der Waals surface area contributed by atoms with Crippen LogP contribution in [0.2, 0.25) is 0 Å². The molecule has 20 heavy (non-hydrogen) atoms. The Hall–Kier alpha value is -0.710. The highest BCUT2D eigenvalue weighted by molar-refractivity contribution is 5.77. The Morgan fingerprint density at radius 3 is 2.35 bits per heavy atom. The summed E-state index contributed by atoms with van der Waals surface area (Å²) in [5.41, 5.74) is -1.33. The van der Waals surface area contributed by atoms with E-state index < -0.39 is 29.5 Å². The zero-order valence-electron chi connectivity index (χ0n) is 12.0. The lowest BCUT2D eigenvalue weighted by molar-refractivity contribution is -0.212. The summed E-state index contributed by atoms with van der Waals surface area (Å²) in [6.45, 7) is 1.77. The van der Waals surface area contributed by atoms with Gasteiger partial charge in [-0.05, 0) is 56.8 Å². The minimum absolute atomic E-state index is 0.100. The Labute approximate surface area is 117 Å². The van der Waals surface area contributed by atoms with Gasteiger partial charge in [0.1, 0.15) is 0 Å². The van der Waals surface area contributed by atoms with Gasteiger partial charge in [0.15, 0.2) is 6.61 Å². The number of aliphatic hydroxyl groups is 1. The molecule has 5 heteroatoms. The molecule has 4 aliphatic carbocycles. The van der Waals surface area contributed by atoms with Crippen molar-refractivity contribution in [1.82, 2.24) is 0 Å². The molecule has 0 aromatic carbocycles. The summed E-state index contributed by atoms with van der Waals surface area (Å²) in [6, 6.07) is 0. The van der Waals surface area contributed by atoms with Gasteiger partial charge in [-0.3, -0.25) is 4.79 Å². The molecular weight excluding hydrogens is 266 g/mol. The van der Waals surface area contributed by atoms with Crippen LogP contribution in [0.5, 0.6) is 0 Å². The van der Waals surface area contributed by atoms with Crippen LogP contribution >= 0.6 is 0 Å². The number of ether oxygens (including phenoxy) is 1. The third kappa shape index (κ3) is 2.14. The molecule has 4 bridgehead atoms. The van der Waals surface area contributed by atoms with E-state index in [0.717, 1.165) is 26.2 Å². The molecule has 4 aliphatic rings. The highest BCUT2D eigenvalue weighted by Gasteiger charge is 2.63. The molecule has 2 unspecified atom stereocenters. The minimum atomic E-state index is -2.98. The van der Waals surface area contributed by atoms with Gasteiger partial charge in [0.2, 0.25) is 0 Å². The van der Waals surface area contributed by atoms with Gasteiger partial charge < -0.3 is 9.84 Å². The maximum Gasteiger partial charge on any atom is 0.312 e. The van der Waals surface area contributed by atoms with Crippen LogP contribution in [0, 0.1) is 23.2 Å². The second-order valence-electron chi connectivity index (χ2n) is 7.50. The fourth-order valence-electron chi connectivity index (χ4n) is 4.80. The Bertz CT molecular complexity index is 409. The fourth-order valence-corrected chi connectivity index (χ4v) is 4.80. The molecule has 0 radical (unpaired) electrons. The largest absolute Gasteiger partial charge is 0.459 e. The normalized spacial score (nSPS) is 46.5. The second kappa shape index (κ2) is 4.15. The summed E-state index contributed by atoms with van der Waals surface area (Å²) in [7, 11) is 0. The van der Waals surface area contributed by atoms with Gasteiger partial charge in [-0.1, -0.05) is 0 Å². The van der Waals surface area contributed by atoms with Crippen molar-refractivity contribution in [2.45, 2.75) is 57.5 Å². The molecule has 4 saturated carbocycles. The van der Waals surface area contributed by atoms with Crippen molar-refractivity contribution in [3.8, 4) is 0 Å². The Morgan fingerprint density at radius 1 is 1.30 bits per heavy atom. The molecule has 3 nitrogen and oxygen atoms in total. The quantitative estimate of drug-likeness (QED) is 0.812. The van der Waals surface area contributed by atoms with Gasteiger partial charge in [-0.25, -0.2) is 8.78 Å². The Kier molecular flexibility index (Phi) is 2.96. The number of esters is 1. The van der Waals surface area contributed by atoms with Crippen molar-refractivity contribution in [3.63, 3.8) is 0 Å². The molecule has 1 N–H and O–H groups in total. The topological polar surface area (TPSA) is 46.5 Å². The van der Waals surface area contributed by atoms with Crippen molar-refractivity contribution < 1.29 is 23.4 Å². The van der Waals surface area contributed by atoms with E-state index in [2.05, 4.69) is 0 Å². The van der Waals surface area contributed by atoms with Gasteiger partial charge in [0, 0.05) is 6.92 Å². The van der Waals surface area contributed by atoms with E-state index in [1.807, 2.05) is 6.92 Å². The molecule has 114 valence electrons. The fraction of sp³-hybridized carbons (Fsp3) is 0.933. The Morgan fingerprint density at radius 2 is 1.85 bits per heavy atom. The van der Waals surface area contributed by atoms with Gasteiger partial charge >= 0.3 is 5.97 Å². The molecule has 0 aromatic rings. The lowest BCUT2D eigenvalue weighted by atomic mass is 9.45. The lowest BCUT2D eigenvalue weighted by Crippen LogP contribution is -2.61. The van der Waals surface area contributed by atoms with Crippen LogP contribution < -0.4 is 0 Å². The predicted molar refractivity (Wildman–Crippen MR) is 68.2 cm³/mol. The van der Waals surface area contributed by atoms with Gasteiger partial charge in [0.25, 0.3) is 5.92 Å². The SMILES string of the molecule is CC(F)(F)COC(=O)C12CC3CC(C1)C(C)(O)C(C3)C2. The van der Waals surface area contributed by atoms with Crippen molar-refractivity contribution >= 4 is 5.97 Å². The van der Waals surface area contributed by atoms with E-state index in [0.29, 0.717) is 18.8 Å². The third-order valence-electron chi connectivity index (χ3n) is 5.73. The number of rotatable bonds is 3. The smallest absolute Gasteiger partial charge is 0.312 e. The summed E-state index contributed by atoms with van der Waals surface area (Å²) in [5, 5.41) is 10.6. The monoisotopic (exact) mass is 288 g/mol. The summed E-state index contributed by atoms with van der Waals surface area (Å²) >= 11 is 0. The average molecular weight is 288 g/mol. The van der Waals surface area contributed by atoms with E-state index >= 15 is 0 Å². The van der Waals surface area contributed by atoms with E-state index in [9.17, 15) is 18.7 Å². The number of carbonyl (C=O) groups is 1. The highest BCUT2D eigenvalue weighted by atomic mass is 19.3. The molecule has 0 heterocycles. The first kappa shape index (κ1) is 14.2. The first-order valence-electron chi connectivity index (χ1n) is 7.40. The highest BCUT2D eigenvalue weighted by Crippen LogP contribution is 2.63. The molecular formula is C15H22F2O3. The number of carbonyl (C=O) groups excluding carboxylic acids is 1. The maximum atomic E-state index is 12.9. The predicted octanol–water partition coefficient (Wildman–Crippen LogP) is 2.76. The summed E-state index contributed by atoms with van der Waals surface area (Å²) in [5.74, 6) is -2.83. The van der Waals surface area contributed by atoms with Crippen molar-refractivity contribution in [1.29, 1.82) is 0 Å². The molecule has 0 aromatic heterocycles. The van der Waals surface area contributed by atoms with Crippen LogP contribution in [0.3, 0.4) is 0 Å². The van der Waals surface area contributed by atoms with Crippen LogP contribution in [0.4, 0.5) is 8.78 Å². The number of hydrogen-bond acceptors (Lipinski definition) is 3. The molecule has 0 amide bonds. The molecule has 0 spiro atoms. The zero-order valence-corrected chi connectivity index (χ0v) is 12.0. The summed E-state index contributed by atoms with van der Waals surface area (Å²) in [4.78, 5) is 12.3. The number of halogens is 2. The van der Waals surface area contributed by atoms with Crippen LogP contribution in [0.15, 0.2) is 0 Å². The zero-order chi connectivity index (χ0) is 14.8. The summed E-state index contributed by atoms with van der Waals surface area (Å²) in [6.07, 6.45) is 3.80. The van der Waals surface area contributed by atoms with Crippen molar-refractivity contribution in [3.05, 3.63) is 0 Å². The molecule has 2 atom stereocenters. The standard InChI is InChI=1S/C15H22F2O3/c1-13(16,17)8-20-12(18)15-5-9-3-10(6-15)14(2,19)11(4-9)7-15/h9-11,19H,3-8H2,1-2H3. The minimum Gasteiger partial charge on any atom is -0.459 e. The van der Waals surface area contributed by atoms with Crippen LogP contribution in [-0.2, 0) is 9.53 Å². The van der Waals surface area contributed by atoms with Crippen LogP contribution in [0.25, 0.3) is 0 Å². The van der Waals surface area contributed by atoms with Crippen LogP contribution in [0.1, 0.15) is 46.0 Å². The number of hydrogen-bond donors (Lipinski definition) is 1. The summed E-state index contributed by atoms with van der Waals surface area (Å²) < 4.78 is 30.6. The van der Waals surface area contributed by atoms with Crippen molar-refractivity contribution in [2.75, 3.05) is 6.61 Å². The first-order valence-corrected chi connectivity index (χ1v) is 7.40. The Balaban J connectivity index is 1.76. The maximum absolute atomic E-state index is 12.9. The van der Waals surface area contributed by atoms with Gasteiger partial charge in [-0.2, -0.15) is 0 Å². The molecule has 0 aliphatic heterocycles. The van der Waals surface area contributed by atoms with E-state index in [1.165, 1.54) is 0 Å². The second-order valence-corrected chi connectivity index (χ2v) is 7.50. The first-order chi connectivity index (χ1) is 9.12. The third-order valence-corrected chi connectivity index (χ3v) is 5.73. The van der Waals surface area contributed by atoms with Gasteiger partial charge in [0.05, 0.1) is 11.0 Å². The van der Waals surface area contributed by atoms with Crippen molar-refractivity contribution in [2.24, 2.45) is 23.2 Å². The van der Waals surface area contributed by atoms with E-state index in [-0.39, 0.29) is 11.8 Å². The molecule has 4 rings (SSSR count). The van der Waals surface area contributed by atoms with E-state index in [1.54, 1.807) is 0 Å². The van der Waals surface area contributed by atoms with Crippen LogP contribution in [-0.4, -0.2) is 29.2 Å². The number of alkyl halides is 2. The lowest BCUT2D eigenvalue weighted by Gasteiger charge is -2.61. The molecule has 4 fully saturated rings.